The standard InChI is InChI=1S/C36H28Cl2N4O5S/c1-2-42-22-33(30-15-12-27(37)20-31(30)38)40-35(42)18-23-5-7-24(8-6-23)25-9-13-28(14-10-25)47-34-16-11-26(36(43)44)19-32(34)41-48(45,46)29-4-3-17-39-21-29/h3-17,19-22,41H,2,18H2,1H3,(H,43,44). The summed E-state index contributed by atoms with van der Waals surface area (Å²) in [6.07, 6.45) is 5.29. The molecule has 2 N–H and O–H groups in total. The molecular weight excluding hydrogens is 671 g/mol. The number of pyridine rings is 1. The van der Waals surface area contributed by atoms with E-state index in [-0.39, 0.29) is 21.9 Å². The van der Waals surface area contributed by atoms with Crippen LogP contribution in [0.3, 0.4) is 0 Å². The van der Waals surface area contributed by atoms with Crippen LogP contribution in [0.5, 0.6) is 11.5 Å². The van der Waals surface area contributed by atoms with Crippen LogP contribution in [0, 0.1) is 0 Å². The molecule has 242 valence electrons. The fraction of sp³-hybridized carbons (Fsp3) is 0.0833. The summed E-state index contributed by atoms with van der Waals surface area (Å²) in [7, 11) is -4.06. The van der Waals surface area contributed by atoms with Gasteiger partial charge in [-0.3, -0.25) is 9.71 Å². The maximum absolute atomic E-state index is 13.0. The predicted molar refractivity (Wildman–Crippen MR) is 187 cm³/mol. The molecule has 0 saturated carbocycles. The Kier molecular flexibility index (Phi) is 9.49. The third-order valence-electron chi connectivity index (χ3n) is 7.55. The van der Waals surface area contributed by atoms with Crippen LogP contribution >= 0.6 is 23.2 Å². The highest BCUT2D eigenvalue weighted by molar-refractivity contribution is 7.92. The number of aromatic nitrogens is 3. The summed E-state index contributed by atoms with van der Waals surface area (Å²) < 4.78 is 36.5. The summed E-state index contributed by atoms with van der Waals surface area (Å²) in [5.74, 6) is 0.285. The van der Waals surface area contributed by atoms with Crippen LogP contribution in [0.4, 0.5) is 5.69 Å². The lowest BCUT2D eigenvalue weighted by atomic mass is 10.0. The fourth-order valence-electron chi connectivity index (χ4n) is 5.08. The molecule has 6 aromatic rings. The monoisotopic (exact) mass is 698 g/mol. The molecule has 0 aliphatic carbocycles. The molecule has 0 aliphatic rings. The average molecular weight is 700 g/mol. The Morgan fingerprint density at radius 2 is 1.67 bits per heavy atom. The summed E-state index contributed by atoms with van der Waals surface area (Å²) in [4.78, 5) is 20.3. The van der Waals surface area contributed by atoms with Crippen LogP contribution in [0.25, 0.3) is 22.4 Å². The van der Waals surface area contributed by atoms with E-state index in [2.05, 4.69) is 33.3 Å². The van der Waals surface area contributed by atoms with E-state index in [1.807, 2.05) is 36.5 Å². The molecule has 6 rings (SSSR count). The quantitative estimate of drug-likeness (QED) is 0.139. The van der Waals surface area contributed by atoms with E-state index in [4.69, 9.17) is 32.9 Å². The van der Waals surface area contributed by atoms with Gasteiger partial charge in [-0.25, -0.2) is 18.2 Å². The molecule has 0 saturated heterocycles. The Morgan fingerprint density at radius 3 is 2.31 bits per heavy atom. The van der Waals surface area contributed by atoms with Gasteiger partial charge in [-0.15, -0.1) is 0 Å². The molecule has 0 radical (unpaired) electrons. The number of nitrogens with one attached hydrogen (secondary N) is 1. The van der Waals surface area contributed by atoms with Crippen LogP contribution in [-0.4, -0.2) is 34.0 Å². The van der Waals surface area contributed by atoms with Crippen molar-refractivity contribution in [2.45, 2.75) is 24.8 Å². The van der Waals surface area contributed by atoms with E-state index in [0.29, 0.717) is 22.2 Å². The maximum Gasteiger partial charge on any atom is 0.335 e. The SMILES string of the molecule is CCn1cc(-c2ccc(Cl)cc2Cl)nc1Cc1ccc(-c2ccc(Oc3ccc(C(=O)O)cc3NS(=O)(=O)c3cccnc3)cc2)cc1. The van der Waals surface area contributed by atoms with Gasteiger partial charge in [0.05, 0.1) is 22.0 Å². The van der Waals surface area contributed by atoms with Crippen LogP contribution in [0.2, 0.25) is 10.0 Å². The van der Waals surface area contributed by atoms with Crippen molar-refractivity contribution in [3.8, 4) is 33.9 Å². The topological polar surface area (TPSA) is 123 Å². The molecule has 2 heterocycles. The summed E-state index contributed by atoms with van der Waals surface area (Å²) in [6, 6.07) is 27.7. The number of ether oxygens (including phenoxy) is 1. The van der Waals surface area contributed by atoms with Gasteiger partial charge >= 0.3 is 5.97 Å². The predicted octanol–water partition coefficient (Wildman–Crippen LogP) is 8.82. The van der Waals surface area contributed by atoms with Crippen molar-refractivity contribution in [1.82, 2.24) is 14.5 Å². The number of hydrogen-bond acceptors (Lipinski definition) is 6. The smallest absolute Gasteiger partial charge is 0.335 e. The molecule has 4 aromatic carbocycles. The molecule has 12 heteroatoms. The second kappa shape index (κ2) is 13.9. The molecule has 0 bridgehead atoms. The minimum Gasteiger partial charge on any atom is -0.478 e. The van der Waals surface area contributed by atoms with Crippen LogP contribution in [-0.2, 0) is 23.0 Å². The van der Waals surface area contributed by atoms with Gasteiger partial charge in [0.1, 0.15) is 16.5 Å². The van der Waals surface area contributed by atoms with E-state index >= 15 is 0 Å². The van der Waals surface area contributed by atoms with Gasteiger partial charge in [-0.1, -0.05) is 59.6 Å². The number of halogens is 2. The van der Waals surface area contributed by atoms with Gasteiger partial charge in [-0.2, -0.15) is 0 Å². The first-order valence-corrected chi connectivity index (χ1v) is 17.0. The normalized spacial score (nSPS) is 11.3. The zero-order valence-electron chi connectivity index (χ0n) is 25.5. The lowest BCUT2D eigenvalue weighted by Gasteiger charge is -2.14. The first-order valence-electron chi connectivity index (χ1n) is 14.8. The van der Waals surface area contributed by atoms with Crippen LogP contribution < -0.4 is 9.46 Å². The summed E-state index contributed by atoms with van der Waals surface area (Å²) in [5, 5.41) is 10.6. The summed E-state index contributed by atoms with van der Waals surface area (Å²) in [6.45, 7) is 2.84. The number of aromatic carboxylic acids is 1. The summed E-state index contributed by atoms with van der Waals surface area (Å²) in [5.41, 5.74) is 4.54. The highest BCUT2D eigenvalue weighted by Gasteiger charge is 2.19. The minimum absolute atomic E-state index is 0.0227. The van der Waals surface area contributed by atoms with E-state index in [0.717, 1.165) is 40.3 Å². The zero-order chi connectivity index (χ0) is 33.8. The Hall–Kier alpha value is -5.16. The largest absolute Gasteiger partial charge is 0.478 e. The third-order valence-corrected chi connectivity index (χ3v) is 9.45. The number of carbonyl (C=O) groups is 1. The lowest BCUT2D eigenvalue weighted by Crippen LogP contribution is -2.14. The van der Waals surface area contributed by atoms with E-state index in [9.17, 15) is 18.3 Å². The Labute approximate surface area is 287 Å². The molecule has 0 aliphatic heterocycles. The van der Waals surface area contributed by atoms with E-state index in [1.54, 1.807) is 24.3 Å². The number of benzene rings is 4. The third kappa shape index (κ3) is 7.36. The second-order valence-corrected chi connectivity index (χ2v) is 13.3. The molecule has 0 unspecified atom stereocenters. The van der Waals surface area contributed by atoms with Crippen LogP contribution in [0.15, 0.2) is 121 Å². The molecule has 0 fully saturated rings. The molecule has 2 aromatic heterocycles. The first-order chi connectivity index (χ1) is 23.1. The number of sulfonamides is 1. The Bertz CT molecular complexity index is 2210. The van der Waals surface area contributed by atoms with Crippen molar-refractivity contribution in [3.05, 3.63) is 143 Å². The van der Waals surface area contributed by atoms with Crippen LogP contribution in [0.1, 0.15) is 28.7 Å². The average Bonchev–Trinajstić information content (AvgIpc) is 3.48. The van der Waals surface area contributed by atoms with Gasteiger partial charge in [0.2, 0.25) is 0 Å². The van der Waals surface area contributed by atoms with E-state index < -0.39 is 16.0 Å². The number of nitrogens with zero attached hydrogens (tertiary/aromatic N) is 3. The zero-order valence-corrected chi connectivity index (χ0v) is 27.8. The van der Waals surface area contributed by atoms with Crippen molar-refractivity contribution >= 4 is 44.9 Å². The number of carboxylic acids is 1. The summed E-state index contributed by atoms with van der Waals surface area (Å²) >= 11 is 12.5. The highest BCUT2D eigenvalue weighted by Crippen LogP contribution is 2.34. The van der Waals surface area contributed by atoms with Gasteiger partial charge < -0.3 is 14.4 Å². The van der Waals surface area contributed by atoms with Gasteiger partial charge in [0, 0.05) is 42.1 Å². The van der Waals surface area contributed by atoms with E-state index in [1.165, 1.54) is 42.7 Å². The maximum atomic E-state index is 13.0. The number of hydrogen-bond donors (Lipinski definition) is 2. The highest BCUT2D eigenvalue weighted by atomic mass is 35.5. The van der Waals surface area contributed by atoms with Crippen molar-refractivity contribution in [2.24, 2.45) is 0 Å². The number of aryl methyl sites for hydroxylation is 1. The van der Waals surface area contributed by atoms with Crippen molar-refractivity contribution in [1.29, 1.82) is 0 Å². The molecule has 0 atom stereocenters. The Morgan fingerprint density at radius 1 is 0.938 bits per heavy atom. The number of rotatable bonds is 11. The molecule has 0 spiro atoms. The molecular formula is C36H28Cl2N4O5S. The number of carboxylic acid groups (broad SMARTS) is 1. The molecule has 9 nitrogen and oxygen atoms in total. The Balaban J connectivity index is 1.18. The van der Waals surface area contributed by atoms with Gasteiger partial charge in [-0.05, 0) is 84.3 Å². The van der Waals surface area contributed by atoms with Crippen molar-refractivity contribution < 1.29 is 23.1 Å². The number of imidazole rings is 1. The molecule has 48 heavy (non-hydrogen) atoms. The molecule has 0 amide bonds. The fourth-order valence-corrected chi connectivity index (χ4v) is 6.61. The van der Waals surface area contributed by atoms with Gasteiger partial charge in [0.15, 0.2) is 5.75 Å². The van der Waals surface area contributed by atoms with Gasteiger partial charge in [0.25, 0.3) is 10.0 Å². The number of anilines is 1. The van der Waals surface area contributed by atoms with Crippen molar-refractivity contribution in [2.75, 3.05) is 4.72 Å². The second-order valence-electron chi connectivity index (χ2n) is 10.8. The minimum atomic E-state index is -4.06. The lowest BCUT2D eigenvalue weighted by molar-refractivity contribution is 0.0697. The van der Waals surface area contributed by atoms with Crippen molar-refractivity contribution in [3.63, 3.8) is 0 Å². The first kappa shape index (κ1) is 32.8.